The molecule has 0 radical (unpaired) electrons. The van der Waals surface area contributed by atoms with E-state index in [1.54, 1.807) is 5.32 Å². The van der Waals surface area contributed by atoms with Gasteiger partial charge >= 0.3 is 0 Å². The molecular weight excluding hydrogens is 240 g/mol. The zero-order chi connectivity index (χ0) is 14.6. The van der Waals surface area contributed by atoms with Crippen molar-refractivity contribution in [2.75, 3.05) is 26.4 Å². The van der Waals surface area contributed by atoms with Gasteiger partial charge in [-0.05, 0) is 20.3 Å². The van der Waals surface area contributed by atoms with Gasteiger partial charge in [0.05, 0.1) is 25.7 Å². The van der Waals surface area contributed by atoms with Gasteiger partial charge in [0.1, 0.15) is 0 Å². The molecule has 5 heteroatoms. The second-order valence-electron chi connectivity index (χ2n) is 5.27. The van der Waals surface area contributed by atoms with Crippen LogP contribution >= 0.6 is 0 Å². The van der Waals surface area contributed by atoms with Crippen LogP contribution in [0.15, 0.2) is 0 Å². The fourth-order valence-electron chi connectivity index (χ4n) is 2.25. The van der Waals surface area contributed by atoms with Crippen molar-refractivity contribution in [1.29, 1.82) is 10.5 Å². The fourth-order valence-corrected chi connectivity index (χ4v) is 2.25. The lowest BCUT2D eigenvalue weighted by Gasteiger charge is -2.34. The van der Waals surface area contributed by atoms with Crippen LogP contribution in [0.5, 0.6) is 0 Å². The Morgan fingerprint density at radius 3 is 2.16 bits per heavy atom. The minimum Gasteiger partial charge on any atom is -0.329 e. The number of unbranched alkanes of at least 4 members (excludes halogenated alkanes) is 1. The molecule has 0 aliphatic carbocycles. The Morgan fingerprint density at radius 2 is 1.79 bits per heavy atom. The largest absolute Gasteiger partial charge is 0.329 e. The molecule has 19 heavy (non-hydrogen) atoms. The van der Waals surface area contributed by atoms with Gasteiger partial charge in [-0.1, -0.05) is 13.3 Å². The molecule has 0 aromatic heterocycles. The van der Waals surface area contributed by atoms with E-state index in [0.717, 1.165) is 6.73 Å². The van der Waals surface area contributed by atoms with Crippen LogP contribution in [0.4, 0.5) is 0 Å². The van der Waals surface area contributed by atoms with E-state index in [9.17, 15) is 0 Å². The van der Waals surface area contributed by atoms with Gasteiger partial charge in [-0.25, -0.2) is 5.32 Å². The third-order valence-corrected chi connectivity index (χ3v) is 3.29. The number of hydrogen-bond acceptors (Lipinski definition) is 4. The first-order valence-electron chi connectivity index (χ1n) is 7.10. The molecule has 0 amide bonds. The topological polar surface area (TPSA) is 68.8 Å². The summed E-state index contributed by atoms with van der Waals surface area (Å²) in [5.74, 6) is 0. The van der Waals surface area contributed by atoms with Crippen LogP contribution < -0.4 is 5.32 Å². The highest BCUT2D eigenvalue weighted by atomic mass is 16.5. The predicted molar refractivity (Wildman–Crippen MR) is 74.5 cm³/mol. The van der Waals surface area contributed by atoms with Gasteiger partial charge in [0.2, 0.25) is 0 Å². The summed E-state index contributed by atoms with van der Waals surface area (Å²) in [6.07, 6.45) is 8.64. The molecule has 0 saturated carbocycles. The number of hydrogen-bond donors (Lipinski definition) is 1. The Labute approximate surface area is 117 Å². The normalized spacial score (nSPS) is 16.1. The number of rotatable bonds is 6. The van der Waals surface area contributed by atoms with Crippen molar-refractivity contribution in [2.24, 2.45) is 0 Å². The first-order valence-corrected chi connectivity index (χ1v) is 7.10. The Kier molecular flexibility index (Phi) is 9.88. The Bertz CT molecular complexity index is 286. The average molecular weight is 267 g/mol. The summed E-state index contributed by atoms with van der Waals surface area (Å²) in [7, 11) is 0. The molecule has 108 valence electrons. The monoisotopic (exact) mass is 267 g/mol. The standard InChI is InChI=1S/C12H26NO.C2HN3/c1-4-5-8-13(9-6-7-10-13)11-14-12(2)3;3-1-5-2-4/h12H,4-11H2,1-3H3;5H/q+1;. The van der Waals surface area contributed by atoms with Crippen LogP contribution in [0.25, 0.3) is 0 Å². The van der Waals surface area contributed by atoms with Crippen molar-refractivity contribution >= 4 is 0 Å². The van der Waals surface area contributed by atoms with Gasteiger partial charge in [-0.15, -0.1) is 0 Å². The van der Waals surface area contributed by atoms with Crippen LogP contribution in [0.2, 0.25) is 0 Å². The van der Waals surface area contributed by atoms with E-state index >= 15 is 0 Å². The minimum atomic E-state index is 0.382. The zero-order valence-electron chi connectivity index (χ0n) is 12.5. The molecule has 1 rings (SSSR count). The number of likely N-dealkylation sites (tertiary alicyclic amines) is 1. The van der Waals surface area contributed by atoms with Crippen molar-refractivity contribution in [3.05, 3.63) is 0 Å². The number of nitriles is 2. The summed E-state index contributed by atoms with van der Waals surface area (Å²) in [6, 6.07) is 0. The molecule has 1 aliphatic heterocycles. The van der Waals surface area contributed by atoms with E-state index in [0.29, 0.717) is 6.10 Å². The fraction of sp³-hybridized carbons (Fsp3) is 0.857. The molecule has 5 nitrogen and oxygen atoms in total. The number of nitrogens with zero attached hydrogens (tertiary/aromatic N) is 3. The van der Waals surface area contributed by atoms with Crippen molar-refractivity contribution in [3.63, 3.8) is 0 Å². The maximum atomic E-state index is 7.48. The second-order valence-corrected chi connectivity index (χ2v) is 5.27. The SMILES string of the molecule is CCCC[N+]1(COC(C)C)CCCC1.N#CNC#N. The van der Waals surface area contributed by atoms with Crippen LogP contribution in [0.3, 0.4) is 0 Å². The highest BCUT2D eigenvalue weighted by Gasteiger charge is 2.31. The molecule has 0 unspecified atom stereocenters. The smallest absolute Gasteiger partial charge is 0.190 e. The number of nitrogens with one attached hydrogen (secondary N) is 1. The summed E-state index contributed by atoms with van der Waals surface area (Å²) >= 11 is 0. The van der Waals surface area contributed by atoms with E-state index in [2.05, 4.69) is 20.8 Å². The van der Waals surface area contributed by atoms with Gasteiger partial charge < -0.3 is 9.22 Å². The maximum absolute atomic E-state index is 7.48. The Hall–Kier alpha value is -1.30. The van der Waals surface area contributed by atoms with Crippen LogP contribution in [-0.4, -0.2) is 37.0 Å². The lowest BCUT2D eigenvalue weighted by atomic mass is 10.3. The average Bonchev–Trinajstić information content (AvgIpc) is 2.85. The van der Waals surface area contributed by atoms with Gasteiger partial charge in [0, 0.05) is 12.8 Å². The summed E-state index contributed by atoms with van der Waals surface area (Å²) in [6.45, 7) is 11.5. The number of ether oxygens (including phenoxy) is 1. The van der Waals surface area contributed by atoms with Gasteiger partial charge in [0.15, 0.2) is 19.1 Å². The zero-order valence-corrected chi connectivity index (χ0v) is 12.5. The first-order chi connectivity index (χ1) is 9.10. The molecule has 0 atom stereocenters. The molecule has 1 heterocycles. The molecule has 0 bridgehead atoms. The molecule has 1 saturated heterocycles. The predicted octanol–water partition coefficient (Wildman–Crippen LogP) is 2.32. The lowest BCUT2D eigenvalue weighted by molar-refractivity contribution is -0.935. The van der Waals surface area contributed by atoms with E-state index in [1.807, 2.05) is 0 Å². The van der Waals surface area contributed by atoms with Crippen LogP contribution in [-0.2, 0) is 4.74 Å². The lowest BCUT2D eigenvalue weighted by Crippen LogP contribution is -2.48. The van der Waals surface area contributed by atoms with E-state index < -0.39 is 0 Å². The van der Waals surface area contributed by atoms with Crippen molar-refractivity contribution in [2.45, 2.75) is 52.6 Å². The van der Waals surface area contributed by atoms with E-state index in [-0.39, 0.29) is 0 Å². The molecule has 1 aliphatic rings. The minimum absolute atomic E-state index is 0.382. The quantitative estimate of drug-likeness (QED) is 0.455. The molecular formula is C14H27N4O+. The van der Waals surface area contributed by atoms with Crippen LogP contribution in [0, 0.1) is 22.9 Å². The van der Waals surface area contributed by atoms with Crippen molar-refractivity contribution < 1.29 is 9.22 Å². The molecule has 0 aromatic rings. The molecule has 1 N–H and O–H groups in total. The highest BCUT2D eigenvalue weighted by Crippen LogP contribution is 2.20. The summed E-state index contributed by atoms with van der Waals surface area (Å²) in [5, 5.41) is 16.7. The van der Waals surface area contributed by atoms with Gasteiger partial charge in [-0.3, -0.25) is 0 Å². The Balaban J connectivity index is 0.000000555. The molecule has 0 spiro atoms. The van der Waals surface area contributed by atoms with E-state index in [1.165, 1.54) is 62.2 Å². The molecule has 0 aromatic carbocycles. The van der Waals surface area contributed by atoms with E-state index in [4.69, 9.17) is 15.3 Å². The maximum Gasteiger partial charge on any atom is 0.190 e. The number of quaternary nitrogens is 1. The molecule has 1 fully saturated rings. The van der Waals surface area contributed by atoms with Gasteiger partial charge in [0.25, 0.3) is 0 Å². The Morgan fingerprint density at radius 1 is 1.21 bits per heavy atom. The summed E-state index contributed by atoms with van der Waals surface area (Å²) in [5.41, 5.74) is 0. The van der Waals surface area contributed by atoms with Gasteiger partial charge in [-0.2, -0.15) is 10.5 Å². The third kappa shape index (κ3) is 8.42. The highest BCUT2D eigenvalue weighted by molar-refractivity contribution is 4.77. The van der Waals surface area contributed by atoms with Crippen LogP contribution in [0.1, 0.15) is 46.5 Å². The second kappa shape index (κ2) is 10.6. The summed E-state index contributed by atoms with van der Waals surface area (Å²) < 4.78 is 7.03. The first kappa shape index (κ1) is 17.7. The third-order valence-electron chi connectivity index (χ3n) is 3.29. The summed E-state index contributed by atoms with van der Waals surface area (Å²) in [4.78, 5) is 0. The van der Waals surface area contributed by atoms with Crippen molar-refractivity contribution in [3.8, 4) is 12.4 Å². The van der Waals surface area contributed by atoms with Crippen molar-refractivity contribution in [1.82, 2.24) is 5.32 Å².